The minimum atomic E-state index is -1.51. The van der Waals surface area contributed by atoms with Gasteiger partial charge in [-0.2, -0.15) is 0 Å². The summed E-state index contributed by atoms with van der Waals surface area (Å²) in [5.74, 6) is 0.901. The zero-order valence-electron chi connectivity index (χ0n) is 15.1. The third-order valence-corrected chi connectivity index (χ3v) is 9.95. The Morgan fingerprint density at radius 1 is 0.880 bits per heavy atom. The van der Waals surface area contributed by atoms with Gasteiger partial charge in [0.2, 0.25) is 0 Å². The van der Waals surface area contributed by atoms with Crippen LogP contribution in [0.3, 0.4) is 0 Å². The van der Waals surface area contributed by atoms with Crippen LogP contribution in [0.2, 0.25) is 18.6 Å². The quantitative estimate of drug-likeness (QED) is 0.599. The molecule has 0 fully saturated rings. The molecule has 1 nitrogen and oxygen atoms in total. The maximum absolute atomic E-state index is 5.30. The van der Waals surface area contributed by atoms with Gasteiger partial charge in [-0.05, 0) is 45.5 Å². The molecule has 2 aliphatic carbocycles. The lowest BCUT2D eigenvalue weighted by molar-refractivity contribution is 0.415. The Bertz CT molecular complexity index is 859. The second kappa shape index (κ2) is 6.20. The maximum atomic E-state index is 5.30. The molecule has 4 rings (SSSR count). The van der Waals surface area contributed by atoms with Crippen molar-refractivity contribution in [2.45, 2.75) is 24.2 Å². The van der Waals surface area contributed by atoms with Crippen LogP contribution >= 0.6 is 0 Å². The molecule has 2 heteroatoms. The normalized spacial score (nSPS) is 18.8. The Morgan fingerprint density at radius 2 is 1.60 bits per heavy atom. The average Bonchev–Trinajstić information content (AvgIpc) is 3.31. The third-order valence-electron chi connectivity index (χ3n) is 5.74. The lowest BCUT2D eigenvalue weighted by atomic mass is 9.97. The van der Waals surface area contributed by atoms with Gasteiger partial charge in [0, 0.05) is 0 Å². The first-order valence-corrected chi connectivity index (χ1v) is 12.1. The molecule has 2 aromatic carbocycles. The van der Waals surface area contributed by atoms with Crippen LogP contribution in [-0.4, -0.2) is 15.2 Å². The van der Waals surface area contributed by atoms with E-state index in [-0.39, 0.29) is 0 Å². The van der Waals surface area contributed by atoms with Crippen LogP contribution in [0, 0.1) is 0 Å². The van der Waals surface area contributed by atoms with Crippen molar-refractivity contribution in [2.24, 2.45) is 0 Å². The first kappa shape index (κ1) is 16.2. The van der Waals surface area contributed by atoms with Gasteiger partial charge in [0.25, 0.3) is 0 Å². The number of hydrogen-bond donors (Lipinski definition) is 0. The van der Waals surface area contributed by atoms with Gasteiger partial charge in [-0.15, -0.1) is 0 Å². The Balaban J connectivity index is 1.73. The zero-order chi connectivity index (χ0) is 17.4. The van der Waals surface area contributed by atoms with E-state index in [2.05, 4.69) is 79.9 Å². The summed E-state index contributed by atoms with van der Waals surface area (Å²) in [4.78, 5) is 0. The van der Waals surface area contributed by atoms with E-state index in [0.29, 0.717) is 11.1 Å². The molecule has 0 aliphatic heterocycles. The van der Waals surface area contributed by atoms with Crippen LogP contribution in [0.25, 0.3) is 17.2 Å². The summed E-state index contributed by atoms with van der Waals surface area (Å²) in [6, 6.07) is 15.2. The number of rotatable bonds is 4. The number of benzene rings is 2. The molecule has 1 unspecified atom stereocenters. The second-order valence-electron chi connectivity index (χ2n) is 7.49. The highest BCUT2D eigenvalue weighted by molar-refractivity contribution is 6.81. The van der Waals surface area contributed by atoms with Gasteiger partial charge in [0.05, 0.1) is 15.2 Å². The molecule has 0 N–H and O–H groups in total. The molecule has 0 saturated carbocycles. The highest BCUT2D eigenvalue weighted by Crippen LogP contribution is 2.46. The number of hydrogen-bond acceptors (Lipinski definition) is 1. The van der Waals surface area contributed by atoms with E-state index in [1.165, 1.54) is 22.3 Å². The van der Waals surface area contributed by atoms with Gasteiger partial charge >= 0.3 is 0 Å². The fraction of sp³-hybridized carbons (Fsp3) is 0.217. The number of ether oxygens (including phenoxy) is 1. The molecule has 0 amide bonds. The number of allylic oxidation sites excluding steroid dienone is 5. The standard InChI is InChI=1S/C23H24OSi/c1-24-18-13-11-17(12-14-18)20-9-6-10-22-21(20)15-16-23(22)25(2,3)19-7-4-5-8-19/h4-16,19,23H,1-3H3. The molecule has 0 heterocycles. The molecule has 0 spiro atoms. The molecule has 25 heavy (non-hydrogen) atoms. The largest absolute Gasteiger partial charge is 0.497 e. The molecule has 0 bridgehead atoms. The second-order valence-corrected chi connectivity index (χ2v) is 12.4. The minimum absolute atomic E-state index is 0.568. The van der Waals surface area contributed by atoms with Gasteiger partial charge in [-0.3, -0.25) is 0 Å². The summed E-state index contributed by atoms with van der Waals surface area (Å²) in [7, 11) is 0.202. The highest BCUT2D eigenvalue weighted by atomic mass is 28.3. The SMILES string of the molecule is COc1ccc(-c2cccc3c2C=CC3[Si](C)(C)C2C=CC=C2)cc1. The van der Waals surface area contributed by atoms with E-state index >= 15 is 0 Å². The van der Waals surface area contributed by atoms with Gasteiger partial charge < -0.3 is 4.74 Å². The Hall–Kier alpha value is -2.32. The van der Waals surface area contributed by atoms with Gasteiger partial charge in [-0.1, -0.05) is 79.9 Å². The van der Waals surface area contributed by atoms with Crippen molar-refractivity contribution in [1.82, 2.24) is 0 Å². The van der Waals surface area contributed by atoms with Crippen molar-refractivity contribution >= 4 is 14.1 Å². The third kappa shape index (κ3) is 2.71. The minimum Gasteiger partial charge on any atom is -0.497 e. The summed E-state index contributed by atoms with van der Waals surface area (Å²) >= 11 is 0. The van der Waals surface area contributed by atoms with Crippen LogP contribution in [0.4, 0.5) is 0 Å². The molecule has 0 radical (unpaired) electrons. The summed E-state index contributed by atoms with van der Waals surface area (Å²) in [6.45, 7) is 5.03. The first-order valence-electron chi connectivity index (χ1n) is 8.92. The van der Waals surface area contributed by atoms with E-state index in [1.54, 1.807) is 7.11 Å². The predicted octanol–water partition coefficient (Wildman–Crippen LogP) is 6.22. The van der Waals surface area contributed by atoms with Crippen LogP contribution in [-0.2, 0) is 0 Å². The summed E-state index contributed by atoms with van der Waals surface area (Å²) < 4.78 is 5.30. The molecule has 2 aliphatic rings. The monoisotopic (exact) mass is 344 g/mol. The van der Waals surface area contributed by atoms with E-state index < -0.39 is 8.07 Å². The van der Waals surface area contributed by atoms with Crippen molar-refractivity contribution in [3.8, 4) is 16.9 Å². The zero-order valence-corrected chi connectivity index (χ0v) is 16.1. The fourth-order valence-corrected chi connectivity index (χ4v) is 7.42. The van der Waals surface area contributed by atoms with E-state index in [0.717, 1.165) is 5.75 Å². The first-order chi connectivity index (χ1) is 12.1. The molecular weight excluding hydrogens is 320 g/mol. The summed E-state index contributed by atoms with van der Waals surface area (Å²) in [6.07, 6.45) is 14.0. The van der Waals surface area contributed by atoms with Gasteiger partial charge in [-0.25, -0.2) is 0 Å². The lowest BCUT2D eigenvalue weighted by Crippen LogP contribution is -2.37. The topological polar surface area (TPSA) is 9.23 Å². The van der Waals surface area contributed by atoms with E-state index in [1.807, 2.05) is 12.1 Å². The molecular formula is C23H24OSi. The fourth-order valence-electron chi connectivity index (χ4n) is 4.14. The Kier molecular flexibility index (Phi) is 4.01. The van der Waals surface area contributed by atoms with Crippen molar-refractivity contribution < 1.29 is 4.74 Å². The van der Waals surface area contributed by atoms with Gasteiger partial charge in [0.1, 0.15) is 5.75 Å². The van der Waals surface area contributed by atoms with Crippen molar-refractivity contribution in [3.05, 3.63) is 84.0 Å². The Labute approximate surface area is 151 Å². The predicted molar refractivity (Wildman–Crippen MR) is 110 cm³/mol. The van der Waals surface area contributed by atoms with Crippen molar-refractivity contribution in [2.75, 3.05) is 7.11 Å². The Morgan fingerprint density at radius 3 is 2.28 bits per heavy atom. The average molecular weight is 345 g/mol. The molecule has 0 aromatic heterocycles. The smallest absolute Gasteiger partial charge is 0.118 e. The van der Waals surface area contributed by atoms with E-state index in [9.17, 15) is 0 Å². The van der Waals surface area contributed by atoms with Crippen molar-refractivity contribution in [3.63, 3.8) is 0 Å². The molecule has 2 aromatic rings. The van der Waals surface area contributed by atoms with Crippen LogP contribution in [0.5, 0.6) is 5.75 Å². The van der Waals surface area contributed by atoms with Gasteiger partial charge in [0.15, 0.2) is 0 Å². The highest BCUT2D eigenvalue weighted by Gasteiger charge is 2.39. The van der Waals surface area contributed by atoms with Crippen LogP contribution in [0.1, 0.15) is 16.7 Å². The summed E-state index contributed by atoms with van der Waals surface area (Å²) in [5.41, 5.74) is 6.66. The van der Waals surface area contributed by atoms with Crippen LogP contribution in [0.15, 0.2) is 72.8 Å². The maximum Gasteiger partial charge on any atom is 0.118 e. The number of fused-ring (bicyclic) bond motifs is 1. The van der Waals surface area contributed by atoms with Crippen molar-refractivity contribution in [1.29, 1.82) is 0 Å². The molecule has 126 valence electrons. The molecule has 0 saturated heterocycles. The number of methoxy groups -OCH3 is 1. The molecule has 1 atom stereocenters. The van der Waals surface area contributed by atoms with Crippen LogP contribution < -0.4 is 4.74 Å². The summed E-state index contributed by atoms with van der Waals surface area (Å²) in [5, 5.41) is 0. The van der Waals surface area contributed by atoms with E-state index in [4.69, 9.17) is 4.74 Å². The lowest BCUT2D eigenvalue weighted by Gasteiger charge is -2.33.